The molecule has 1 aromatic heterocycles. The molecule has 0 radical (unpaired) electrons. The minimum Gasteiger partial charge on any atom is -0.486 e. The number of fused-ring (bicyclic) bond motifs is 2. The van der Waals surface area contributed by atoms with Gasteiger partial charge < -0.3 is 25.4 Å². The van der Waals surface area contributed by atoms with E-state index in [4.69, 9.17) is 20.2 Å². The summed E-state index contributed by atoms with van der Waals surface area (Å²) in [5.41, 5.74) is 8.68. The summed E-state index contributed by atoms with van der Waals surface area (Å²) >= 11 is 0. The number of rotatable bonds is 5. The smallest absolute Gasteiger partial charge is 0.319 e. The number of benzene rings is 2. The Bertz CT molecular complexity index is 1190. The van der Waals surface area contributed by atoms with Crippen molar-refractivity contribution < 1.29 is 14.3 Å². The molecule has 2 aromatic carbocycles. The first-order valence-electron chi connectivity index (χ1n) is 11.8. The van der Waals surface area contributed by atoms with Crippen LogP contribution in [0.2, 0.25) is 0 Å². The second-order valence-electron chi connectivity index (χ2n) is 9.12. The van der Waals surface area contributed by atoms with Gasteiger partial charge in [0.25, 0.3) is 0 Å². The van der Waals surface area contributed by atoms with Crippen molar-refractivity contribution in [1.29, 1.82) is 0 Å². The molecule has 0 spiro atoms. The van der Waals surface area contributed by atoms with E-state index in [1.54, 1.807) is 4.90 Å². The van der Waals surface area contributed by atoms with Crippen molar-refractivity contribution in [3.05, 3.63) is 48.5 Å². The molecule has 1 saturated carbocycles. The van der Waals surface area contributed by atoms with Gasteiger partial charge in [-0.15, -0.1) is 0 Å². The van der Waals surface area contributed by atoms with Crippen LogP contribution in [-0.2, 0) is 0 Å². The number of carbonyl (C=O) groups excluding carboxylic acids is 1. The summed E-state index contributed by atoms with van der Waals surface area (Å²) in [5, 5.41) is 4.77. The summed E-state index contributed by atoms with van der Waals surface area (Å²) in [6.07, 6.45) is 3.54. The molecule has 5 rings (SSSR count). The average molecular weight is 462 g/mol. The number of nitrogens with one attached hydrogen (secondary N) is 1. The van der Waals surface area contributed by atoms with Crippen LogP contribution in [0, 0.1) is 0 Å². The third-order valence-electron chi connectivity index (χ3n) is 6.63. The fraction of sp³-hybridized carbons (Fsp3) is 0.385. The summed E-state index contributed by atoms with van der Waals surface area (Å²) in [4.78, 5) is 21.1. The van der Waals surface area contributed by atoms with Crippen LogP contribution in [0.25, 0.3) is 10.9 Å². The van der Waals surface area contributed by atoms with E-state index in [2.05, 4.69) is 22.3 Å². The fourth-order valence-corrected chi connectivity index (χ4v) is 4.99. The molecule has 8 heteroatoms. The van der Waals surface area contributed by atoms with Gasteiger partial charge in [0.2, 0.25) is 0 Å². The number of primary amides is 1. The summed E-state index contributed by atoms with van der Waals surface area (Å²) < 4.78 is 11.3. The highest BCUT2D eigenvalue weighted by Crippen LogP contribution is 2.37. The van der Waals surface area contributed by atoms with Crippen molar-refractivity contribution in [2.24, 2.45) is 5.73 Å². The predicted octanol–water partition coefficient (Wildman–Crippen LogP) is 4.38. The van der Waals surface area contributed by atoms with E-state index in [-0.39, 0.29) is 12.1 Å². The van der Waals surface area contributed by atoms with E-state index in [1.165, 1.54) is 0 Å². The Kier molecular flexibility index (Phi) is 6.04. The van der Waals surface area contributed by atoms with E-state index in [9.17, 15) is 4.79 Å². The summed E-state index contributed by atoms with van der Waals surface area (Å²) in [6.45, 7) is 1.03. The zero-order chi connectivity index (χ0) is 23.7. The number of carbonyl (C=O) groups is 1. The van der Waals surface area contributed by atoms with Crippen LogP contribution in [0.1, 0.15) is 25.7 Å². The molecule has 1 aliphatic carbocycles. The number of hydrogen-bond acceptors (Lipinski definition) is 6. The van der Waals surface area contributed by atoms with Crippen LogP contribution in [0.15, 0.2) is 48.5 Å². The van der Waals surface area contributed by atoms with Crippen LogP contribution < -0.4 is 30.3 Å². The van der Waals surface area contributed by atoms with Gasteiger partial charge in [-0.3, -0.25) is 4.90 Å². The van der Waals surface area contributed by atoms with Gasteiger partial charge in [0, 0.05) is 55.1 Å². The number of ether oxygens (including phenoxy) is 2. The quantitative estimate of drug-likeness (QED) is 0.586. The lowest BCUT2D eigenvalue weighted by atomic mass is 9.90. The summed E-state index contributed by atoms with van der Waals surface area (Å²) in [7, 11) is 4.10. The van der Waals surface area contributed by atoms with Crippen LogP contribution in [0.3, 0.4) is 0 Å². The second kappa shape index (κ2) is 9.29. The number of pyridine rings is 1. The topological polar surface area (TPSA) is 93.0 Å². The lowest BCUT2D eigenvalue weighted by Gasteiger charge is -2.36. The van der Waals surface area contributed by atoms with Crippen molar-refractivity contribution >= 4 is 34.1 Å². The van der Waals surface area contributed by atoms with Crippen LogP contribution in [0.5, 0.6) is 11.5 Å². The number of para-hydroxylation sites is 1. The Morgan fingerprint density at radius 3 is 2.47 bits per heavy atom. The van der Waals surface area contributed by atoms with Gasteiger partial charge in [-0.05, 0) is 43.9 Å². The molecule has 0 atom stereocenters. The van der Waals surface area contributed by atoms with Gasteiger partial charge in [-0.25, -0.2) is 9.78 Å². The Labute approximate surface area is 199 Å². The van der Waals surface area contributed by atoms with Gasteiger partial charge in [-0.1, -0.05) is 18.2 Å². The van der Waals surface area contributed by atoms with Gasteiger partial charge in [0.1, 0.15) is 19.0 Å². The summed E-state index contributed by atoms with van der Waals surface area (Å²) in [5.74, 6) is 2.24. The fourth-order valence-electron chi connectivity index (χ4n) is 4.99. The van der Waals surface area contributed by atoms with Crippen LogP contribution in [0.4, 0.5) is 22.0 Å². The van der Waals surface area contributed by atoms with E-state index in [0.717, 1.165) is 53.8 Å². The van der Waals surface area contributed by atoms with Crippen molar-refractivity contribution in [1.82, 2.24) is 4.98 Å². The van der Waals surface area contributed by atoms with E-state index >= 15 is 0 Å². The molecular formula is C26H31N5O3. The Hall–Kier alpha value is -3.68. The molecule has 8 nitrogen and oxygen atoms in total. The molecule has 0 saturated heterocycles. The first kappa shape index (κ1) is 22.1. The molecule has 2 aliphatic rings. The molecule has 0 unspecified atom stereocenters. The van der Waals surface area contributed by atoms with Crippen molar-refractivity contribution in [2.75, 3.05) is 42.4 Å². The second-order valence-corrected chi connectivity index (χ2v) is 9.12. The molecule has 1 aliphatic heterocycles. The lowest BCUT2D eigenvalue weighted by Crippen LogP contribution is -2.46. The number of amides is 2. The highest BCUT2D eigenvalue weighted by molar-refractivity contribution is 5.93. The minimum absolute atomic E-state index is 0.0417. The maximum Gasteiger partial charge on any atom is 0.319 e. The van der Waals surface area contributed by atoms with Crippen molar-refractivity contribution in [3.8, 4) is 11.5 Å². The highest BCUT2D eigenvalue weighted by atomic mass is 16.6. The van der Waals surface area contributed by atoms with Crippen molar-refractivity contribution in [2.45, 2.75) is 37.8 Å². The zero-order valence-electron chi connectivity index (χ0n) is 19.7. The molecule has 1 fully saturated rings. The minimum atomic E-state index is -0.445. The first-order valence-corrected chi connectivity index (χ1v) is 11.8. The molecule has 178 valence electrons. The van der Waals surface area contributed by atoms with E-state index < -0.39 is 6.03 Å². The Balaban J connectivity index is 1.29. The van der Waals surface area contributed by atoms with Gasteiger partial charge in [0.15, 0.2) is 11.5 Å². The molecule has 2 amide bonds. The zero-order valence-corrected chi connectivity index (χ0v) is 19.7. The standard InChI is InChI=1S/C26H31N5O3/c1-30(2)22-16-25(29-21-6-4-3-5-20(21)22)28-17-7-9-18(10-8-17)31(26(27)32)19-11-12-23-24(15-19)34-14-13-33-23/h3-6,11-12,15-18H,7-10,13-14H2,1-2H3,(H2,27,32)(H,28,29)/t17-,18+. The third-order valence-corrected chi connectivity index (χ3v) is 6.63. The number of anilines is 3. The number of hydrogen-bond donors (Lipinski definition) is 2. The molecule has 34 heavy (non-hydrogen) atoms. The molecule has 0 bridgehead atoms. The van der Waals surface area contributed by atoms with Gasteiger partial charge >= 0.3 is 6.03 Å². The number of nitrogens with zero attached hydrogens (tertiary/aromatic N) is 3. The largest absolute Gasteiger partial charge is 0.486 e. The normalized spacial score (nSPS) is 19.5. The molecular weight excluding hydrogens is 430 g/mol. The highest BCUT2D eigenvalue weighted by Gasteiger charge is 2.30. The molecule has 2 heterocycles. The Morgan fingerprint density at radius 2 is 1.74 bits per heavy atom. The molecule has 3 N–H and O–H groups in total. The van der Waals surface area contributed by atoms with Crippen molar-refractivity contribution in [3.63, 3.8) is 0 Å². The predicted molar refractivity (Wildman–Crippen MR) is 135 cm³/mol. The summed E-state index contributed by atoms with van der Waals surface area (Å²) in [6, 6.07) is 15.8. The van der Waals surface area contributed by atoms with E-state index in [1.807, 2.05) is 50.5 Å². The third kappa shape index (κ3) is 4.40. The monoisotopic (exact) mass is 461 g/mol. The lowest BCUT2D eigenvalue weighted by molar-refractivity contribution is 0.171. The number of nitrogens with two attached hydrogens (primary N) is 1. The number of aromatic nitrogens is 1. The maximum atomic E-state index is 12.4. The Morgan fingerprint density at radius 1 is 1.00 bits per heavy atom. The SMILES string of the molecule is CN(C)c1cc(N[C@H]2CC[C@@H](N(C(N)=O)c3ccc4c(c3)OCCO4)CC2)nc2ccccc12. The van der Waals surface area contributed by atoms with Crippen LogP contribution >= 0.6 is 0 Å². The van der Waals surface area contributed by atoms with Gasteiger partial charge in [-0.2, -0.15) is 0 Å². The average Bonchev–Trinajstić information content (AvgIpc) is 2.84. The van der Waals surface area contributed by atoms with Crippen LogP contribution in [-0.4, -0.2) is 50.4 Å². The molecule has 3 aromatic rings. The maximum absolute atomic E-state index is 12.4. The number of urea groups is 1. The van der Waals surface area contributed by atoms with Gasteiger partial charge in [0.05, 0.1) is 5.52 Å². The van der Waals surface area contributed by atoms with E-state index in [0.29, 0.717) is 24.7 Å². The first-order chi connectivity index (χ1) is 16.5.